The highest BCUT2D eigenvalue weighted by molar-refractivity contribution is 5.83. The maximum Gasteiger partial charge on any atom is 0.217 e. The number of hydrogen-bond donors (Lipinski definition) is 1. The molecule has 1 fully saturated rings. The number of benzene rings is 2. The van der Waals surface area contributed by atoms with Crippen LogP contribution in [0.3, 0.4) is 0 Å². The Bertz CT molecular complexity index is 1430. The maximum absolute atomic E-state index is 6.15. The van der Waals surface area contributed by atoms with E-state index in [1.54, 1.807) is 0 Å². The molecule has 0 atom stereocenters. The second kappa shape index (κ2) is 8.17. The maximum atomic E-state index is 6.15. The van der Waals surface area contributed by atoms with E-state index < -0.39 is 0 Å². The van der Waals surface area contributed by atoms with Gasteiger partial charge in [0.05, 0.1) is 23.0 Å². The van der Waals surface area contributed by atoms with E-state index in [2.05, 4.69) is 70.6 Å². The molecule has 5 aromatic rings. The molecule has 1 N–H and O–H groups in total. The molecule has 1 aliphatic carbocycles. The first-order valence-electron chi connectivity index (χ1n) is 11.3. The number of hydrogen-bond acceptors (Lipinski definition) is 4. The van der Waals surface area contributed by atoms with Gasteiger partial charge in [0.2, 0.25) is 5.88 Å². The Morgan fingerprint density at radius 1 is 0.970 bits per heavy atom. The lowest BCUT2D eigenvalue weighted by Gasteiger charge is -2.11. The molecule has 3 aromatic heterocycles. The van der Waals surface area contributed by atoms with Crippen LogP contribution in [0.2, 0.25) is 0 Å². The number of ether oxygens (including phenoxy) is 1. The molecule has 0 bridgehead atoms. The first-order chi connectivity index (χ1) is 16.3. The molecule has 0 amide bonds. The fourth-order valence-corrected chi connectivity index (χ4v) is 4.38. The molecule has 162 valence electrons. The molecule has 33 heavy (non-hydrogen) atoms. The molecule has 1 saturated carbocycles. The Labute approximate surface area is 192 Å². The minimum Gasteiger partial charge on any atom is -0.473 e. The summed E-state index contributed by atoms with van der Waals surface area (Å²) in [6.45, 7) is 2.57. The number of nitrogens with zero attached hydrogens (tertiary/aromatic N) is 3. The van der Waals surface area contributed by atoms with E-state index >= 15 is 0 Å². The number of pyridine rings is 2. The summed E-state index contributed by atoms with van der Waals surface area (Å²) in [6.07, 6.45) is 8.11. The number of aryl methyl sites for hydroxylation is 1. The van der Waals surface area contributed by atoms with Crippen molar-refractivity contribution in [1.82, 2.24) is 20.2 Å². The van der Waals surface area contributed by atoms with Crippen LogP contribution in [0, 0.1) is 6.92 Å². The number of para-hydroxylation sites is 1. The SMILES string of the molecule is Cc1cc2ccccc2nc1-c1ccc(COc2[nH]ncc2-c2ccncc2C2CC2)cc1. The number of fused-ring (bicyclic) bond motifs is 1. The summed E-state index contributed by atoms with van der Waals surface area (Å²) >= 11 is 0. The van der Waals surface area contributed by atoms with Crippen LogP contribution in [-0.2, 0) is 6.61 Å². The van der Waals surface area contributed by atoms with Crippen LogP contribution in [0.15, 0.2) is 79.3 Å². The molecule has 3 heterocycles. The van der Waals surface area contributed by atoms with Crippen LogP contribution in [0.25, 0.3) is 33.3 Å². The van der Waals surface area contributed by atoms with Crippen molar-refractivity contribution in [3.63, 3.8) is 0 Å². The van der Waals surface area contributed by atoms with E-state index in [0.29, 0.717) is 18.4 Å². The van der Waals surface area contributed by atoms with Crippen molar-refractivity contribution in [2.75, 3.05) is 0 Å². The summed E-state index contributed by atoms with van der Waals surface area (Å²) in [4.78, 5) is 9.20. The monoisotopic (exact) mass is 432 g/mol. The fraction of sp³-hybridized carbons (Fsp3) is 0.179. The largest absolute Gasteiger partial charge is 0.473 e. The van der Waals surface area contributed by atoms with Gasteiger partial charge in [-0.15, -0.1) is 0 Å². The lowest BCUT2D eigenvalue weighted by atomic mass is 10.0. The quantitative estimate of drug-likeness (QED) is 0.335. The highest BCUT2D eigenvalue weighted by Gasteiger charge is 2.27. The van der Waals surface area contributed by atoms with Gasteiger partial charge in [-0.1, -0.05) is 42.5 Å². The van der Waals surface area contributed by atoms with E-state index in [1.165, 1.54) is 24.0 Å². The van der Waals surface area contributed by atoms with Gasteiger partial charge >= 0.3 is 0 Å². The third-order valence-corrected chi connectivity index (χ3v) is 6.29. The Morgan fingerprint density at radius 3 is 2.67 bits per heavy atom. The molecule has 2 aromatic carbocycles. The Balaban J connectivity index is 1.21. The van der Waals surface area contributed by atoms with Crippen molar-refractivity contribution < 1.29 is 4.74 Å². The third kappa shape index (κ3) is 3.87. The van der Waals surface area contributed by atoms with Crippen LogP contribution in [0.5, 0.6) is 5.88 Å². The number of aromatic nitrogens is 4. The molecule has 1 aliphatic rings. The number of nitrogens with one attached hydrogen (secondary N) is 1. The van der Waals surface area contributed by atoms with Crippen molar-refractivity contribution >= 4 is 10.9 Å². The van der Waals surface area contributed by atoms with E-state index in [9.17, 15) is 0 Å². The lowest BCUT2D eigenvalue weighted by Crippen LogP contribution is -1.98. The average molecular weight is 433 g/mol. The highest BCUT2D eigenvalue weighted by atomic mass is 16.5. The first-order valence-corrected chi connectivity index (χ1v) is 11.3. The highest BCUT2D eigenvalue weighted by Crippen LogP contribution is 2.45. The topological polar surface area (TPSA) is 63.7 Å². The van der Waals surface area contributed by atoms with Crippen molar-refractivity contribution in [2.24, 2.45) is 0 Å². The Kier molecular flexibility index (Phi) is 4.87. The minimum atomic E-state index is 0.462. The fourth-order valence-electron chi connectivity index (χ4n) is 4.38. The van der Waals surface area contributed by atoms with Crippen LogP contribution in [0.4, 0.5) is 0 Å². The van der Waals surface area contributed by atoms with E-state index in [4.69, 9.17) is 9.72 Å². The van der Waals surface area contributed by atoms with Gasteiger partial charge in [-0.25, -0.2) is 10.1 Å². The molecular weight excluding hydrogens is 408 g/mol. The minimum absolute atomic E-state index is 0.462. The van der Waals surface area contributed by atoms with Gasteiger partial charge in [0.25, 0.3) is 0 Å². The van der Waals surface area contributed by atoms with E-state index in [0.717, 1.165) is 38.9 Å². The lowest BCUT2D eigenvalue weighted by molar-refractivity contribution is 0.294. The second-order valence-corrected chi connectivity index (χ2v) is 8.68. The predicted molar refractivity (Wildman–Crippen MR) is 130 cm³/mol. The molecule has 0 unspecified atom stereocenters. The average Bonchev–Trinajstić information content (AvgIpc) is 3.60. The molecule has 0 radical (unpaired) electrons. The van der Waals surface area contributed by atoms with Gasteiger partial charge in [0.1, 0.15) is 6.61 Å². The van der Waals surface area contributed by atoms with Gasteiger partial charge in [-0.3, -0.25) is 4.98 Å². The summed E-state index contributed by atoms with van der Waals surface area (Å²) in [5.74, 6) is 1.30. The summed E-state index contributed by atoms with van der Waals surface area (Å²) in [5, 5.41) is 8.43. The van der Waals surface area contributed by atoms with Gasteiger partial charge in [-0.05, 0) is 66.1 Å². The second-order valence-electron chi connectivity index (χ2n) is 8.68. The zero-order valence-corrected chi connectivity index (χ0v) is 18.5. The molecule has 0 aliphatic heterocycles. The molecular formula is C28H24N4O. The predicted octanol–water partition coefficient (Wildman–Crippen LogP) is 6.45. The standard InChI is InChI=1S/C28H24N4O/c1-18-14-22-4-2-3-5-26(22)31-27(18)21-8-6-19(7-9-21)17-33-28-25(16-30-32-28)23-12-13-29-15-24(23)20-10-11-20/h2-9,12-16,20H,10-11,17H2,1H3,(H,30,32). The van der Waals surface area contributed by atoms with E-state index in [1.807, 2.05) is 30.7 Å². The molecule has 5 nitrogen and oxygen atoms in total. The van der Waals surface area contributed by atoms with Crippen LogP contribution < -0.4 is 4.74 Å². The van der Waals surface area contributed by atoms with Crippen LogP contribution in [-0.4, -0.2) is 20.2 Å². The van der Waals surface area contributed by atoms with Crippen LogP contribution >= 0.6 is 0 Å². The third-order valence-electron chi connectivity index (χ3n) is 6.29. The zero-order valence-electron chi connectivity index (χ0n) is 18.5. The zero-order chi connectivity index (χ0) is 22.2. The van der Waals surface area contributed by atoms with Crippen molar-refractivity contribution in [3.8, 4) is 28.3 Å². The van der Waals surface area contributed by atoms with Gasteiger partial charge in [0, 0.05) is 23.3 Å². The summed E-state index contributed by atoms with van der Waals surface area (Å²) in [7, 11) is 0. The van der Waals surface area contributed by atoms with Gasteiger partial charge in [-0.2, -0.15) is 5.10 Å². The number of H-pyrrole nitrogens is 1. The van der Waals surface area contributed by atoms with Crippen molar-refractivity contribution in [3.05, 3.63) is 95.9 Å². The molecule has 6 rings (SSSR count). The molecule has 5 heteroatoms. The number of aromatic amines is 1. The summed E-state index contributed by atoms with van der Waals surface area (Å²) in [5.41, 5.74) is 8.83. The van der Waals surface area contributed by atoms with Crippen molar-refractivity contribution in [1.29, 1.82) is 0 Å². The molecule has 0 spiro atoms. The van der Waals surface area contributed by atoms with Gasteiger partial charge < -0.3 is 4.74 Å². The van der Waals surface area contributed by atoms with E-state index in [-0.39, 0.29) is 0 Å². The molecule has 0 saturated heterocycles. The first kappa shape index (κ1) is 19.7. The van der Waals surface area contributed by atoms with Crippen LogP contribution in [0.1, 0.15) is 35.4 Å². The normalized spacial score (nSPS) is 13.4. The smallest absolute Gasteiger partial charge is 0.217 e. The van der Waals surface area contributed by atoms with Gasteiger partial charge in [0.15, 0.2) is 0 Å². The summed E-state index contributed by atoms with van der Waals surface area (Å²) < 4.78 is 6.15. The Morgan fingerprint density at radius 2 is 1.82 bits per heavy atom. The number of rotatable bonds is 6. The van der Waals surface area contributed by atoms with Crippen molar-refractivity contribution in [2.45, 2.75) is 32.3 Å². The Hall–Kier alpha value is -3.99. The summed E-state index contributed by atoms with van der Waals surface area (Å²) in [6, 6.07) is 20.9.